The summed E-state index contributed by atoms with van der Waals surface area (Å²) in [6.07, 6.45) is 3.90. The van der Waals surface area contributed by atoms with Gasteiger partial charge in [-0.25, -0.2) is 14.4 Å². The summed E-state index contributed by atoms with van der Waals surface area (Å²) < 4.78 is 21.4. The summed E-state index contributed by atoms with van der Waals surface area (Å²) in [5.41, 5.74) is 3.51. The molecule has 0 radical (unpaired) electrons. The SMILES string of the molecule is CC(C)(O)CCn1cc(-c2ncnc3oc(-c4ccccc4)cc23)c(-c2ccc(F)cc2)n1. The van der Waals surface area contributed by atoms with Crippen molar-refractivity contribution >= 4 is 11.1 Å². The number of hydrogen-bond acceptors (Lipinski definition) is 5. The number of aromatic nitrogens is 4. The van der Waals surface area contributed by atoms with Gasteiger partial charge in [0.2, 0.25) is 5.71 Å². The summed E-state index contributed by atoms with van der Waals surface area (Å²) >= 11 is 0. The van der Waals surface area contributed by atoms with Gasteiger partial charge in [-0.2, -0.15) is 5.10 Å². The first-order chi connectivity index (χ1) is 15.9. The minimum Gasteiger partial charge on any atom is -0.438 e. The fraction of sp³-hybridized carbons (Fsp3) is 0.192. The summed E-state index contributed by atoms with van der Waals surface area (Å²) in [6, 6.07) is 18.0. The summed E-state index contributed by atoms with van der Waals surface area (Å²) in [5, 5.41) is 15.7. The lowest BCUT2D eigenvalue weighted by Gasteiger charge is -2.16. The highest BCUT2D eigenvalue weighted by molar-refractivity contribution is 5.95. The number of aliphatic hydroxyl groups is 1. The monoisotopic (exact) mass is 442 g/mol. The van der Waals surface area contributed by atoms with Crippen LogP contribution in [-0.4, -0.2) is 30.5 Å². The molecule has 6 nitrogen and oxygen atoms in total. The van der Waals surface area contributed by atoms with Crippen molar-refractivity contribution in [2.24, 2.45) is 0 Å². The molecule has 0 aliphatic heterocycles. The minimum atomic E-state index is -0.820. The minimum absolute atomic E-state index is 0.312. The van der Waals surface area contributed by atoms with Gasteiger partial charge in [-0.15, -0.1) is 0 Å². The third-order valence-corrected chi connectivity index (χ3v) is 5.47. The van der Waals surface area contributed by atoms with Crippen LogP contribution in [0.4, 0.5) is 4.39 Å². The molecule has 3 aromatic heterocycles. The second kappa shape index (κ2) is 8.26. The van der Waals surface area contributed by atoms with E-state index in [1.54, 1.807) is 30.7 Å². The molecule has 3 heterocycles. The number of hydrogen-bond donors (Lipinski definition) is 1. The van der Waals surface area contributed by atoms with E-state index in [-0.39, 0.29) is 5.82 Å². The predicted octanol–water partition coefficient (Wildman–Crippen LogP) is 5.72. The first-order valence-electron chi connectivity index (χ1n) is 10.7. The van der Waals surface area contributed by atoms with Crippen LogP contribution in [0.1, 0.15) is 20.3 Å². The van der Waals surface area contributed by atoms with E-state index in [2.05, 4.69) is 9.97 Å². The average molecular weight is 442 g/mol. The molecule has 0 saturated heterocycles. The van der Waals surface area contributed by atoms with Gasteiger partial charge in [0.1, 0.15) is 23.6 Å². The first-order valence-corrected chi connectivity index (χ1v) is 10.7. The molecular weight excluding hydrogens is 419 g/mol. The van der Waals surface area contributed by atoms with Crippen molar-refractivity contribution < 1.29 is 13.9 Å². The van der Waals surface area contributed by atoms with E-state index >= 15 is 0 Å². The summed E-state index contributed by atoms with van der Waals surface area (Å²) in [6.45, 7) is 4.05. The Bertz CT molecular complexity index is 1400. The molecule has 166 valence electrons. The van der Waals surface area contributed by atoms with Crippen LogP contribution in [0.2, 0.25) is 0 Å². The van der Waals surface area contributed by atoms with E-state index in [1.165, 1.54) is 18.5 Å². The summed E-state index contributed by atoms with van der Waals surface area (Å²) in [4.78, 5) is 8.88. The third-order valence-electron chi connectivity index (χ3n) is 5.47. The fourth-order valence-electron chi connectivity index (χ4n) is 3.73. The van der Waals surface area contributed by atoms with Crippen molar-refractivity contribution in [2.75, 3.05) is 0 Å². The number of fused-ring (bicyclic) bond motifs is 1. The zero-order chi connectivity index (χ0) is 23.0. The highest BCUT2D eigenvalue weighted by atomic mass is 19.1. The van der Waals surface area contributed by atoms with Crippen LogP contribution in [0, 0.1) is 5.82 Å². The number of benzene rings is 2. The Labute approximate surface area is 190 Å². The maximum atomic E-state index is 13.6. The lowest BCUT2D eigenvalue weighted by atomic mass is 10.0. The molecular formula is C26H23FN4O2. The van der Waals surface area contributed by atoms with E-state index in [0.717, 1.165) is 22.1 Å². The van der Waals surface area contributed by atoms with Gasteiger partial charge in [0.25, 0.3) is 0 Å². The summed E-state index contributed by atoms with van der Waals surface area (Å²) in [7, 11) is 0. The van der Waals surface area contributed by atoms with Crippen LogP contribution >= 0.6 is 0 Å². The van der Waals surface area contributed by atoms with Gasteiger partial charge in [0.15, 0.2) is 0 Å². The van der Waals surface area contributed by atoms with Crippen molar-refractivity contribution in [1.29, 1.82) is 0 Å². The maximum absolute atomic E-state index is 13.6. The van der Waals surface area contributed by atoms with Crippen LogP contribution < -0.4 is 0 Å². The Kier molecular flexibility index (Phi) is 5.26. The largest absolute Gasteiger partial charge is 0.438 e. The van der Waals surface area contributed by atoms with Crippen molar-refractivity contribution in [1.82, 2.24) is 19.7 Å². The van der Waals surface area contributed by atoms with Gasteiger partial charge >= 0.3 is 0 Å². The Morgan fingerprint density at radius 2 is 1.73 bits per heavy atom. The molecule has 1 N–H and O–H groups in total. The van der Waals surface area contributed by atoms with E-state index < -0.39 is 5.60 Å². The standard InChI is InChI=1S/C26H23FN4O2/c1-26(2,32)12-13-31-15-21(23(30-31)18-8-10-19(27)11-9-18)24-20-14-22(17-6-4-3-5-7-17)33-25(20)29-16-28-24/h3-11,14-16,32H,12-13H2,1-2H3. The lowest BCUT2D eigenvalue weighted by Crippen LogP contribution is -2.21. The van der Waals surface area contributed by atoms with Gasteiger partial charge in [-0.1, -0.05) is 30.3 Å². The highest BCUT2D eigenvalue weighted by Gasteiger charge is 2.21. The van der Waals surface area contributed by atoms with Gasteiger partial charge in [-0.3, -0.25) is 4.68 Å². The molecule has 0 fully saturated rings. The van der Waals surface area contributed by atoms with Gasteiger partial charge in [0, 0.05) is 29.4 Å². The quantitative estimate of drug-likeness (QED) is 0.364. The molecule has 5 aromatic rings. The molecule has 0 aliphatic rings. The molecule has 0 amide bonds. The Balaban J connectivity index is 1.65. The second-order valence-electron chi connectivity index (χ2n) is 8.64. The average Bonchev–Trinajstić information content (AvgIpc) is 3.43. The van der Waals surface area contributed by atoms with Crippen molar-refractivity contribution in [3.63, 3.8) is 0 Å². The molecule has 0 atom stereocenters. The van der Waals surface area contributed by atoms with Crippen molar-refractivity contribution in [3.8, 4) is 33.8 Å². The smallest absolute Gasteiger partial charge is 0.230 e. The topological polar surface area (TPSA) is 77.0 Å². The number of halogens is 1. The zero-order valence-corrected chi connectivity index (χ0v) is 18.4. The Morgan fingerprint density at radius 1 is 0.970 bits per heavy atom. The second-order valence-corrected chi connectivity index (χ2v) is 8.64. The normalized spacial score (nSPS) is 11.9. The van der Waals surface area contributed by atoms with Crippen LogP contribution in [0.5, 0.6) is 0 Å². The molecule has 0 saturated carbocycles. The van der Waals surface area contributed by atoms with Crippen molar-refractivity contribution in [3.05, 3.63) is 79.0 Å². The fourth-order valence-corrected chi connectivity index (χ4v) is 3.73. The van der Waals surface area contributed by atoms with Crippen LogP contribution in [0.15, 0.2) is 77.6 Å². The lowest BCUT2D eigenvalue weighted by molar-refractivity contribution is 0.0651. The van der Waals surface area contributed by atoms with Gasteiger partial charge in [-0.05, 0) is 50.6 Å². The Hall–Kier alpha value is -3.84. The number of nitrogens with zero attached hydrogens (tertiary/aromatic N) is 4. The van der Waals surface area contributed by atoms with E-state index in [1.807, 2.05) is 42.6 Å². The van der Waals surface area contributed by atoms with E-state index in [4.69, 9.17) is 9.52 Å². The predicted molar refractivity (Wildman–Crippen MR) is 125 cm³/mol. The molecule has 2 aromatic carbocycles. The van der Waals surface area contributed by atoms with Gasteiger partial charge in [0.05, 0.1) is 16.7 Å². The molecule has 0 unspecified atom stereocenters. The molecule has 0 bridgehead atoms. The molecule has 7 heteroatoms. The van der Waals surface area contributed by atoms with Crippen LogP contribution in [-0.2, 0) is 6.54 Å². The first kappa shape index (κ1) is 21.0. The Morgan fingerprint density at radius 3 is 2.45 bits per heavy atom. The molecule has 0 spiro atoms. The number of rotatable bonds is 6. The maximum Gasteiger partial charge on any atom is 0.230 e. The van der Waals surface area contributed by atoms with Crippen LogP contribution in [0.3, 0.4) is 0 Å². The van der Waals surface area contributed by atoms with E-state index in [0.29, 0.717) is 35.8 Å². The number of furan rings is 1. The zero-order valence-electron chi connectivity index (χ0n) is 18.4. The van der Waals surface area contributed by atoms with Gasteiger partial charge < -0.3 is 9.52 Å². The molecule has 33 heavy (non-hydrogen) atoms. The van der Waals surface area contributed by atoms with E-state index in [9.17, 15) is 9.50 Å². The molecule has 0 aliphatic carbocycles. The van der Waals surface area contributed by atoms with Crippen molar-refractivity contribution in [2.45, 2.75) is 32.4 Å². The highest BCUT2D eigenvalue weighted by Crippen LogP contribution is 2.36. The third kappa shape index (κ3) is 4.40. The number of aryl methyl sites for hydroxylation is 1. The van der Waals surface area contributed by atoms with Crippen LogP contribution in [0.25, 0.3) is 44.9 Å². The summed E-state index contributed by atoms with van der Waals surface area (Å²) in [5.74, 6) is 0.388. The molecule has 5 rings (SSSR count).